The zero-order chi connectivity index (χ0) is 11.9. The molecule has 0 bridgehead atoms. The molecule has 0 saturated carbocycles. The van der Waals surface area contributed by atoms with Crippen LogP contribution in [0.3, 0.4) is 0 Å². The van der Waals surface area contributed by atoms with E-state index in [1.165, 1.54) is 7.05 Å². The Morgan fingerprint density at radius 3 is 1.80 bits per heavy atom. The topological polar surface area (TPSA) is 168 Å². The Morgan fingerprint density at radius 1 is 1.47 bits per heavy atom. The number of hydrogen-bond donors (Lipinski definition) is 6. The maximum atomic E-state index is 9.92. The van der Waals surface area contributed by atoms with Crippen molar-refractivity contribution >= 4 is 42.8 Å². The number of carbonyl (C=O) groups is 1. The van der Waals surface area contributed by atoms with Gasteiger partial charge >= 0.3 is 36.8 Å². The van der Waals surface area contributed by atoms with Gasteiger partial charge < -0.3 is 30.4 Å². The van der Waals surface area contributed by atoms with Gasteiger partial charge in [-0.3, -0.25) is 10.2 Å². The van der Waals surface area contributed by atoms with Crippen LogP contribution in [0.15, 0.2) is 0 Å². The second-order valence-electron chi connectivity index (χ2n) is 2.15. The van der Waals surface area contributed by atoms with Crippen LogP contribution in [0.25, 0.3) is 0 Å². The highest BCUT2D eigenvalue weighted by Crippen LogP contribution is 2.25. The van der Waals surface area contributed by atoms with Gasteiger partial charge in [0.25, 0.3) is 0 Å². The number of rotatable bonds is 2. The molecule has 0 heterocycles. The highest BCUT2D eigenvalue weighted by Gasteiger charge is 2.03. The summed E-state index contributed by atoms with van der Waals surface area (Å²) in [5.41, 5.74) is 4.93. The molecular formula is C4H14MgN3O6P. The smallest absolute Gasteiger partial charge is 0.466 e. The van der Waals surface area contributed by atoms with Gasteiger partial charge in [0.15, 0.2) is 5.96 Å². The van der Waals surface area contributed by atoms with Crippen LogP contribution in [-0.2, 0) is 9.36 Å². The van der Waals surface area contributed by atoms with Crippen molar-refractivity contribution in [3.8, 4) is 0 Å². The second-order valence-corrected chi connectivity index (χ2v) is 3.17. The van der Waals surface area contributed by atoms with Crippen molar-refractivity contribution in [1.82, 2.24) is 4.90 Å². The highest BCUT2D eigenvalue weighted by atomic mass is 31.2. The Balaban J connectivity index is -0.000000208. The summed E-state index contributed by atoms with van der Waals surface area (Å²) in [6, 6.07) is 0. The molecule has 0 saturated heterocycles. The van der Waals surface area contributed by atoms with Crippen LogP contribution >= 0.6 is 7.82 Å². The van der Waals surface area contributed by atoms with Crippen LogP contribution in [0, 0.1) is 5.41 Å². The second kappa shape index (κ2) is 8.89. The number of phosphoric acid groups is 1. The van der Waals surface area contributed by atoms with E-state index in [4.69, 9.17) is 35.5 Å². The average Bonchev–Trinajstić information content (AvgIpc) is 1.80. The number of carboxylic acids is 1. The van der Waals surface area contributed by atoms with Gasteiger partial charge in [-0.15, -0.1) is 0 Å². The third-order valence-electron chi connectivity index (χ3n) is 0.784. The molecule has 0 aliphatic rings. The van der Waals surface area contributed by atoms with Crippen molar-refractivity contribution < 1.29 is 29.1 Å². The summed E-state index contributed by atoms with van der Waals surface area (Å²) >= 11 is 0. The molecule has 0 fully saturated rings. The van der Waals surface area contributed by atoms with Crippen LogP contribution in [-0.4, -0.2) is 73.3 Å². The SMILES string of the molecule is CN(CC(=O)O)C(=N)N.O=P(O)(O)O.[MgH2]. The van der Waals surface area contributed by atoms with Crippen molar-refractivity contribution in [3.63, 3.8) is 0 Å². The van der Waals surface area contributed by atoms with Crippen molar-refractivity contribution in [2.75, 3.05) is 13.6 Å². The minimum Gasteiger partial charge on any atom is -0.480 e. The third kappa shape index (κ3) is 31.7. The van der Waals surface area contributed by atoms with E-state index in [2.05, 4.69) is 0 Å². The van der Waals surface area contributed by atoms with E-state index in [0.29, 0.717) is 0 Å². The molecule has 0 atom stereocenters. The summed E-state index contributed by atoms with van der Waals surface area (Å²) in [5, 5.41) is 14.9. The molecule has 0 aromatic carbocycles. The molecule has 0 rings (SSSR count). The fraction of sp³-hybridized carbons (Fsp3) is 0.500. The van der Waals surface area contributed by atoms with E-state index < -0.39 is 13.8 Å². The van der Waals surface area contributed by atoms with Crippen molar-refractivity contribution in [2.24, 2.45) is 5.73 Å². The monoisotopic (exact) mass is 255 g/mol. The van der Waals surface area contributed by atoms with Gasteiger partial charge in [0.2, 0.25) is 0 Å². The predicted octanol–water partition coefficient (Wildman–Crippen LogP) is -2.95. The Morgan fingerprint density at radius 2 is 1.73 bits per heavy atom. The zero-order valence-corrected chi connectivity index (χ0v) is 8.18. The first-order chi connectivity index (χ1) is 6.04. The first-order valence-corrected chi connectivity index (χ1v) is 4.65. The van der Waals surface area contributed by atoms with E-state index in [1.807, 2.05) is 0 Å². The number of nitrogens with two attached hydrogens (primary N) is 1. The van der Waals surface area contributed by atoms with E-state index in [1.54, 1.807) is 0 Å². The van der Waals surface area contributed by atoms with Crippen molar-refractivity contribution in [3.05, 3.63) is 0 Å². The van der Waals surface area contributed by atoms with Crippen molar-refractivity contribution in [1.29, 1.82) is 5.41 Å². The van der Waals surface area contributed by atoms with Gasteiger partial charge in [-0.1, -0.05) is 0 Å². The van der Waals surface area contributed by atoms with Crippen LogP contribution in [0.5, 0.6) is 0 Å². The first-order valence-electron chi connectivity index (χ1n) is 3.09. The minimum atomic E-state index is -4.64. The highest BCUT2D eigenvalue weighted by molar-refractivity contribution is 7.45. The summed E-state index contributed by atoms with van der Waals surface area (Å²) in [7, 11) is -3.20. The summed E-state index contributed by atoms with van der Waals surface area (Å²) in [6.45, 7) is -0.227. The van der Waals surface area contributed by atoms with Crippen LogP contribution < -0.4 is 5.73 Å². The zero-order valence-electron chi connectivity index (χ0n) is 7.28. The number of guanidine groups is 1. The van der Waals surface area contributed by atoms with Gasteiger partial charge in [0.05, 0.1) is 0 Å². The third-order valence-corrected chi connectivity index (χ3v) is 0.784. The molecule has 0 aromatic rings. The fourth-order valence-corrected chi connectivity index (χ4v) is 0.288. The molecule has 7 N–H and O–H groups in total. The number of likely N-dealkylation sites (N-methyl/N-ethyl adjacent to an activating group) is 1. The molecule has 0 aliphatic carbocycles. The van der Waals surface area contributed by atoms with Gasteiger partial charge in [-0.25, -0.2) is 4.57 Å². The molecule has 15 heavy (non-hydrogen) atoms. The minimum absolute atomic E-state index is 0. The lowest BCUT2D eigenvalue weighted by molar-refractivity contribution is -0.137. The summed E-state index contributed by atoms with van der Waals surface area (Å²) in [5.74, 6) is -1.23. The van der Waals surface area contributed by atoms with Crippen molar-refractivity contribution in [2.45, 2.75) is 0 Å². The van der Waals surface area contributed by atoms with Crippen LogP contribution in [0.4, 0.5) is 0 Å². The van der Waals surface area contributed by atoms with E-state index in [-0.39, 0.29) is 35.6 Å². The molecular weight excluding hydrogens is 241 g/mol. The molecule has 0 unspecified atom stereocenters. The fourth-order valence-electron chi connectivity index (χ4n) is 0.288. The van der Waals surface area contributed by atoms with Gasteiger partial charge in [-0.2, -0.15) is 0 Å². The quantitative estimate of drug-likeness (QED) is 0.132. The number of nitrogens with one attached hydrogen (secondary N) is 1. The van der Waals surface area contributed by atoms with Gasteiger partial charge in [0, 0.05) is 7.05 Å². The average molecular weight is 255 g/mol. The molecule has 0 radical (unpaired) electrons. The Kier molecular flexibility index (Phi) is 11.9. The molecule has 11 heteroatoms. The van der Waals surface area contributed by atoms with Gasteiger partial charge in [0.1, 0.15) is 6.54 Å². The van der Waals surface area contributed by atoms with Gasteiger partial charge in [-0.05, 0) is 0 Å². The number of aliphatic carboxylic acids is 1. The standard InChI is InChI=1S/C4H9N3O2.Mg.H3O4P.2H/c1-7(4(5)6)2-3(8)9;;1-5(2,3)4;;/h2H2,1H3,(H3,5,6)(H,8,9);;(H3,1,2,3,4);;. The molecule has 9 nitrogen and oxygen atoms in total. The molecule has 0 aromatic heterocycles. The number of hydrogen-bond acceptors (Lipinski definition) is 3. The molecule has 0 aliphatic heterocycles. The lowest BCUT2D eigenvalue weighted by Gasteiger charge is -2.12. The Bertz CT molecular complexity index is 246. The lowest BCUT2D eigenvalue weighted by atomic mass is 10.6. The molecule has 88 valence electrons. The van der Waals surface area contributed by atoms with Crippen LogP contribution in [0.1, 0.15) is 0 Å². The van der Waals surface area contributed by atoms with Crippen LogP contribution in [0.2, 0.25) is 0 Å². The number of nitrogens with zero attached hydrogens (tertiary/aromatic N) is 1. The predicted molar refractivity (Wildman–Crippen MR) is 55.0 cm³/mol. The van der Waals surface area contributed by atoms with E-state index >= 15 is 0 Å². The Labute approximate surface area is 102 Å². The largest absolute Gasteiger partial charge is 0.480 e. The summed E-state index contributed by atoms with van der Waals surface area (Å²) in [4.78, 5) is 32.6. The van der Waals surface area contributed by atoms with E-state index in [9.17, 15) is 4.79 Å². The first kappa shape index (κ1) is 20.1. The lowest BCUT2D eigenvalue weighted by Crippen LogP contribution is -2.36. The molecule has 0 spiro atoms. The molecule has 0 amide bonds. The summed E-state index contributed by atoms with van der Waals surface area (Å²) < 4.78 is 8.88. The normalized spacial score (nSPS) is 9.07. The Hall–Kier alpha value is -0.384. The number of carboxylic acid groups (broad SMARTS) is 1. The van der Waals surface area contributed by atoms with E-state index in [0.717, 1.165) is 4.90 Å². The summed E-state index contributed by atoms with van der Waals surface area (Å²) in [6.07, 6.45) is 0. The maximum Gasteiger partial charge on any atom is 0.466 e. The maximum absolute atomic E-state index is 9.92.